The molecule has 0 amide bonds. The zero-order chi connectivity index (χ0) is 20.4. The van der Waals surface area contributed by atoms with E-state index in [9.17, 15) is 9.59 Å². The number of aromatic nitrogens is 4. The maximum Gasteiger partial charge on any atom is 0.330 e. The molecule has 1 aromatic carbocycles. The molecule has 0 atom stereocenters. The highest BCUT2D eigenvalue weighted by atomic mass is 32.1. The third kappa shape index (κ3) is 3.83. The minimum atomic E-state index is -0.572. The maximum absolute atomic E-state index is 12.4. The van der Waals surface area contributed by atoms with Crippen LogP contribution in [0.4, 0.5) is 11.5 Å². The highest BCUT2D eigenvalue weighted by molar-refractivity contribution is 7.13. The van der Waals surface area contributed by atoms with Crippen molar-refractivity contribution >= 4 is 22.8 Å². The highest BCUT2D eigenvalue weighted by Gasteiger charge is 2.19. The van der Waals surface area contributed by atoms with Crippen LogP contribution >= 0.6 is 11.3 Å². The van der Waals surface area contributed by atoms with Gasteiger partial charge in [0, 0.05) is 7.05 Å². The van der Waals surface area contributed by atoms with Gasteiger partial charge in [-0.25, -0.2) is 4.79 Å². The van der Waals surface area contributed by atoms with Crippen LogP contribution in [0.25, 0.3) is 10.7 Å². The Morgan fingerprint density at radius 3 is 2.72 bits per heavy atom. The van der Waals surface area contributed by atoms with Crippen molar-refractivity contribution in [2.45, 2.75) is 13.1 Å². The smallest absolute Gasteiger partial charge is 0.330 e. The molecule has 4 rings (SSSR count). The minimum absolute atomic E-state index is 0.0723. The van der Waals surface area contributed by atoms with E-state index in [-0.39, 0.29) is 24.6 Å². The third-order valence-corrected chi connectivity index (χ3v) is 5.23. The van der Waals surface area contributed by atoms with E-state index in [1.165, 1.54) is 15.9 Å². The fourth-order valence-electron chi connectivity index (χ4n) is 2.98. The Morgan fingerprint density at radius 1 is 1.21 bits per heavy atom. The molecule has 10 heteroatoms. The van der Waals surface area contributed by atoms with E-state index in [0.717, 1.165) is 10.4 Å². The standard InChI is InChI=1S/C19H18N6O3S/c1-24(11-14-21-17(23-28-14)13-8-5-9-29-13)15-16(20)25(19(27)22-18(15)26)10-12-6-3-2-4-7-12/h2-9H,10-11,20H2,1H3,(H,22,26,27). The molecule has 9 nitrogen and oxygen atoms in total. The van der Waals surface area contributed by atoms with Gasteiger partial charge < -0.3 is 15.2 Å². The van der Waals surface area contributed by atoms with Gasteiger partial charge in [-0.3, -0.25) is 14.3 Å². The van der Waals surface area contributed by atoms with Crippen LogP contribution in [0.3, 0.4) is 0 Å². The molecule has 0 aliphatic rings. The molecule has 0 radical (unpaired) electrons. The lowest BCUT2D eigenvalue weighted by molar-refractivity contribution is 0.378. The summed E-state index contributed by atoms with van der Waals surface area (Å²) < 4.78 is 6.62. The number of thiophene rings is 1. The van der Waals surface area contributed by atoms with Crippen molar-refractivity contribution in [3.05, 3.63) is 80.1 Å². The van der Waals surface area contributed by atoms with E-state index in [1.807, 2.05) is 47.8 Å². The molecule has 3 N–H and O–H groups in total. The normalized spacial score (nSPS) is 10.9. The molecule has 0 fully saturated rings. The van der Waals surface area contributed by atoms with Crippen LogP contribution < -0.4 is 21.9 Å². The van der Waals surface area contributed by atoms with E-state index < -0.39 is 11.2 Å². The van der Waals surface area contributed by atoms with Crippen LogP contribution in [-0.2, 0) is 13.1 Å². The molecule has 0 spiro atoms. The van der Waals surface area contributed by atoms with Crippen LogP contribution in [0.15, 0.2) is 62.0 Å². The van der Waals surface area contributed by atoms with Crippen LogP contribution in [0.2, 0.25) is 0 Å². The first kappa shape index (κ1) is 18.7. The number of nitrogens with zero attached hydrogens (tertiary/aromatic N) is 4. The number of hydrogen-bond acceptors (Lipinski definition) is 8. The van der Waals surface area contributed by atoms with Crippen molar-refractivity contribution in [2.24, 2.45) is 0 Å². The highest BCUT2D eigenvalue weighted by Crippen LogP contribution is 2.23. The molecule has 4 aromatic rings. The minimum Gasteiger partial charge on any atom is -0.383 e. The number of aromatic amines is 1. The Morgan fingerprint density at radius 2 is 2.00 bits per heavy atom. The summed E-state index contributed by atoms with van der Waals surface area (Å²) >= 11 is 1.50. The molecule has 0 bridgehead atoms. The summed E-state index contributed by atoms with van der Waals surface area (Å²) in [5, 5.41) is 5.89. The SMILES string of the molecule is CN(Cc1nc(-c2cccs2)no1)c1c(N)n(Cc2ccccc2)c(=O)[nH]c1=O. The van der Waals surface area contributed by atoms with Crippen LogP contribution in [0.1, 0.15) is 11.5 Å². The van der Waals surface area contributed by atoms with E-state index in [0.29, 0.717) is 11.7 Å². The number of hydrogen-bond donors (Lipinski definition) is 2. The van der Waals surface area contributed by atoms with Gasteiger partial charge >= 0.3 is 5.69 Å². The van der Waals surface area contributed by atoms with Crippen molar-refractivity contribution in [1.29, 1.82) is 0 Å². The summed E-state index contributed by atoms with van der Waals surface area (Å²) in [6, 6.07) is 13.2. The van der Waals surface area contributed by atoms with E-state index in [2.05, 4.69) is 15.1 Å². The summed E-state index contributed by atoms with van der Waals surface area (Å²) in [5.74, 6) is 0.887. The summed E-state index contributed by atoms with van der Waals surface area (Å²) in [7, 11) is 1.67. The Hall–Kier alpha value is -3.66. The van der Waals surface area contributed by atoms with E-state index in [4.69, 9.17) is 10.3 Å². The molecular weight excluding hydrogens is 392 g/mol. The van der Waals surface area contributed by atoms with Crippen LogP contribution in [0.5, 0.6) is 0 Å². The predicted molar refractivity (Wildman–Crippen MR) is 111 cm³/mol. The number of nitrogens with two attached hydrogens (primary N) is 1. The lowest BCUT2D eigenvalue weighted by Gasteiger charge is -2.20. The fraction of sp³-hybridized carbons (Fsp3) is 0.158. The molecule has 3 aromatic heterocycles. The lowest BCUT2D eigenvalue weighted by Crippen LogP contribution is -2.37. The van der Waals surface area contributed by atoms with E-state index >= 15 is 0 Å². The molecule has 29 heavy (non-hydrogen) atoms. The molecule has 0 saturated heterocycles. The number of anilines is 2. The summed E-state index contributed by atoms with van der Waals surface area (Å²) in [4.78, 5) is 33.9. The van der Waals surface area contributed by atoms with Gasteiger partial charge in [0.25, 0.3) is 5.56 Å². The average Bonchev–Trinajstić information content (AvgIpc) is 3.37. The Balaban J connectivity index is 1.63. The van der Waals surface area contributed by atoms with Gasteiger partial charge in [0.2, 0.25) is 11.7 Å². The number of nitrogen functional groups attached to an aromatic ring is 1. The van der Waals surface area contributed by atoms with Gasteiger partial charge in [-0.1, -0.05) is 41.6 Å². The monoisotopic (exact) mass is 410 g/mol. The van der Waals surface area contributed by atoms with Crippen molar-refractivity contribution in [3.8, 4) is 10.7 Å². The Labute approximate surface area is 169 Å². The molecule has 0 aliphatic carbocycles. The zero-order valence-corrected chi connectivity index (χ0v) is 16.3. The molecule has 0 aliphatic heterocycles. The first-order valence-corrected chi connectivity index (χ1v) is 9.65. The van der Waals surface area contributed by atoms with Gasteiger partial charge in [-0.05, 0) is 17.0 Å². The molecular formula is C19H18N6O3S. The van der Waals surface area contributed by atoms with Gasteiger partial charge in [0.1, 0.15) is 11.5 Å². The van der Waals surface area contributed by atoms with Crippen molar-refractivity contribution < 1.29 is 4.52 Å². The fourth-order valence-corrected chi connectivity index (χ4v) is 3.63. The van der Waals surface area contributed by atoms with E-state index in [1.54, 1.807) is 11.9 Å². The summed E-state index contributed by atoms with van der Waals surface area (Å²) in [6.45, 7) is 0.404. The largest absolute Gasteiger partial charge is 0.383 e. The second-order valence-corrected chi connectivity index (χ2v) is 7.36. The number of rotatable bonds is 6. The number of nitrogens with one attached hydrogen (secondary N) is 1. The average molecular weight is 410 g/mol. The topological polar surface area (TPSA) is 123 Å². The van der Waals surface area contributed by atoms with Gasteiger partial charge in [0.05, 0.1) is 18.0 Å². The maximum atomic E-state index is 12.4. The molecule has 148 valence electrons. The van der Waals surface area contributed by atoms with Gasteiger partial charge in [-0.2, -0.15) is 4.98 Å². The second-order valence-electron chi connectivity index (χ2n) is 6.41. The Kier molecular flexibility index (Phi) is 5.00. The lowest BCUT2D eigenvalue weighted by atomic mass is 10.2. The zero-order valence-electron chi connectivity index (χ0n) is 15.5. The molecule has 3 heterocycles. The van der Waals surface area contributed by atoms with Crippen molar-refractivity contribution in [1.82, 2.24) is 19.7 Å². The second kappa shape index (κ2) is 7.76. The van der Waals surface area contributed by atoms with Gasteiger partial charge in [-0.15, -0.1) is 11.3 Å². The quantitative estimate of drug-likeness (QED) is 0.498. The Bertz CT molecular complexity index is 1230. The summed E-state index contributed by atoms with van der Waals surface area (Å²) in [6.07, 6.45) is 0. The van der Waals surface area contributed by atoms with Gasteiger partial charge in [0.15, 0.2) is 0 Å². The first-order valence-electron chi connectivity index (χ1n) is 8.77. The predicted octanol–water partition coefficient (Wildman–Crippen LogP) is 1.91. The van der Waals surface area contributed by atoms with Crippen LogP contribution in [0, 0.1) is 0 Å². The van der Waals surface area contributed by atoms with Crippen molar-refractivity contribution in [3.63, 3.8) is 0 Å². The number of H-pyrrole nitrogens is 1. The number of benzene rings is 1. The summed E-state index contributed by atoms with van der Waals surface area (Å²) in [5.41, 5.74) is 6.12. The molecule has 0 unspecified atom stereocenters. The third-order valence-electron chi connectivity index (χ3n) is 4.36. The molecule has 0 saturated carbocycles. The van der Waals surface area contributed by atoms with Crippen LogP contribution in [-0.4, -0.2) is 26.7 Å². The first-order chi connectivity index (χ1) is 14.0. The van der Waals surface area contributed by atoms with Crippen molar-refractivity contribution in [2.75, 3.05) is 17.7 Å².